The average molecular weight is 240 g/mol. The third-order valence-corrected chi connectivity index (χ3v) is 2.92. The second-order valence-corrected chi connectivity index (χ2v) is 4.13. The number of halogens is 1. The zero-order valence-electron chi connectivity index (χ0n) is 8.43. The maximum Gasteiger partial charge on any atom is 0.240 e. The summed E-state index contributed by atoms with van der Waals surface area (Å²) in [4.78, 5) is 8.04. The predicted molar refractivity (Wildman–Crippen MR) is 58.5 cm³/mol. The van der Waals surface area contributed by atoms with Crippen molar-refractivity contribution < 1.29 is 4.74 Å². The molecule has 0 radical (unpaired) electrons. The maximum absolute atomic E-state index is 5.98. The average Bonchev–Trinajstić information content (AvgIpc) is 2.54. The van der Waals surface area contributed by atoms with Gasteiger partial charge in [0.2, 0.25) is 17.3 Å². The molecule has 0 unspecified atom stereocenters. The van der Waals surface area contributed by atoms with Gasteiger partial charge in [0.1, 0.15) is 6.33 Å². The summed E-state index contributed by atoms with van der Waals surface area (Å²) in [6, 6.07) is 0. The predicted octanol–water partition coefficient (Wildman–Crippen LogP) is 1.29. The molecule has 1 aliphatic carbocycles. The summed E-state index contributed by atoms with van der Waals surface area (Å²) in [6.07, 6.45) is 4.95. The van der Waals surface area contributed by atoms with Crippen molar-refractivity contribution in [2.75, 3.05) is 5.73 Å². The number of rotatable bonds is 2. The van der Waals surface area contributed by atoms with Gasteiger partial charge in [-0.05, 0) is 19.3 Å². The Morgan fingerprint density at radius 3 is 3.00 bits per heavy atom. The van der Waals surface area contributed by atoms with Gasteiger partial charge in [0.15, 0.2) is 5.15 Å². The van der Waals surface area contributed by atoms with Crippen LogP contribution in [0.5, 0.6) is 5.75 Å². The first kappa shape index (κ1) is 9.65. The highest BCUT2D eigenvalue weighted by Gasteiger charge is 2.23. The fraction of sp³-hybridized carbons (Fsp3) is 0.444. The van der Waals surface area contributed by atoms with E-state index in [1.54, 1.807) is 0 Å². The summed E-state index contributed by atoms with van der Waals surface area (Å²) < 4.78 is 7.20. The first-order chi connectivity index (χ1) is 7.74. The van der Waals surface area contributed by atoms with Crippen LogP contribution in [0.4, 0.5) is 5.95 Å². The van der Waals surface area contributed by atoms with Crippen molar-refractivity contribution in [3.05, 3.63) is 11.5 Å². The van der Waals surface area contributed by atoms with Crippen LogP contribution in [0.25, 0.3) is 5.65 Å². The van der Waals surface area contributed by atoms with Gasteiger partial charge in [0, 0.05) is 0 Å². The molecule has 16 heavy (non-hydrogen) atoms. The van der Waals surface area contributed by atoms with E-state index in [-0.39, 0.29) is 12.1 Å². The van der Waals surface area contributed by atoms with Gasteiger partial charge in [-0.15, -0.1) is 5.10 Å². The minimum absolute atomic E-state index is 0.183. The monoisotopic (exact) mass is 239 g/mol. The number of nitrogens with zero attached hydrogens (tertiary/aromatic N) is 4. The zero-order valence-corrected chi connectivity index (χ0v) is 9.18. The van der Waals surface area contributed by atoms with Crippen LogP contribution >= 0.6 is 11.6 Å². The van der Waals surface area contributed by atoms with E-state index in [1.165, 1.54) is 17.3 Å². The Morgan fingerprint density at radius 2 is 2.31 bits per heavy atom. The van der Waals surface area contributed by atoms with Gasteiger partial charge in [-0.3, -0.25) is 0 Å². The van der Waals surface area contributed by atoms with Crippen molar-refractivity contribution in [2.45, 2.75) is 25.4 Å². The summed E-state index contributed by atoms with van der Waals surface area (Å²) in [5.41, 5.74) is 6.04. The molecule has 2 N–H and O–H groups in total. The Kier molecular flexibility index (Phi) is 2.10. The van der Waals surface area contributed by atoms with Gasteiger partial charge >= 0.3 is 0 Å². The lowest BCUT2D eigenvalue weighted by molar-refractivity contribution is 0.121. The van der Waals surface area contributed by atoms with Gasteiger partial charge in [-0.1, -0.05) is 11.6 Å². The van der Waals surface area contributed by atoms with Crippen molar-refractivity contribution in [3.63, 3.8) is 0 Å². The van der Waals surface area contributed by atoms with Gasteiger partial charge in [0.25, 0.3) is 0 Å². The first-order valence-electron chi connectivity index (χ1n) is 5.07. The number of aromatic nitrogens is 4. The Labute approximate surface area is 96.4 Å². The largest absolute Gasteiger partial charge is 0.484 e. The highest BCUT2D eigenvalue weighted by Crippen LogP contribution is 2.31. The molecule has 0 spiro atoms. The molecule has 7 heteroatoms. The summed E-state index contributed by atoms with van der Waals surface area (Å²) in [5.74, 6) is 0.653. The summed E-state index contributed by atoms with van der Waals surface area (Å²) in [6.45, 7) is 0. The Balaban J connectivity index is 2.07. The van der Waals surface area contributed by atoms with E-state index in [1.807, 2.05) is 0 Å². The van der Waals surface area contributed by atoms with Crippen LogP contribution in [-0.2, 0) is 0 Å². The fourth-order valence-corrected chi connectivity index (χ4v) is 1.76. The molecule has 2 heterocycles. The van der Waals surface area contributed by atoms with Gasteiger partial charge in [0.05, 0.1) is 6.10 Å². The zero-order chi connectivity index (χ0) is 11.1. The smallest absolute Gasteiger partial charge is 0.240 e. The molecule has 1 saturated carbocycles. The quantitative estimate of drug-likeness (QED) is 0.799. The highest BCUT2D eigenvalue weighted by molar-refractivity contribution is 6.31. The molecule has 0 saturated heterocycles. The molecule has 2 aromatic rings. The molecule has 1 fully saturated rings. The lowest BCUT2D eigenvalue weighted by Crippen LogP contribution is -2.25. The van der Waals surface area contributed by atoms with Crippen LogP contribution in [0.1, 0.15) is 19.3 Å². The van der Waals surface area contributed by atoms with E-state index in [4.69, 9.17) is 22.1 Å². The van der Waals surface area contributed by atoms with Crippen molar-refractivity contribution >= 4 is 23.2 Å². The molecule has 0 atom stereocenters. The van der Waals surface area contributed by atoms with E-state index >= 15 is 0 Å². The van der Waals surface area contributed by atoms with Gasteiger partial charge in [-0.2, -0.15) is 9.50 Å². The topological polar surface area (TPSA) is 78.3 Å². The SMILES string of the molecule is Nc1nc2c(OC3CCC3)c(Cl)ncn2n1. The number of nitrogens with two attached hydrogens (primary N) is 1. The standard InChI is InChI=1S/C9H10ClN5O/c10-7-6(16-5-2-1-3-5)8-13-9(11)14-15(8)4-12-7/h4-5H,1-3H2,(H2,11,14). The number of hydrogen-bond acceptors (Lipinski definition) is 5. The molecule has 0 bridgehead atoms. The van der Waals surface area contributed by atoms with E-state index in [0.29, 0.717) is 16.5 Å². The Hall–Kier alpha value is -1.56. The van der Waals surface area contributed by atoms with Crippen LogP contribution in [0.3, 0.4) is 0 Å². The van der Waals surface area contributed by atoms with Crippen LogP contribution in [0.15, 0.2) is 6.33 Å². The van der Waals surface area contributed by atoms with Crippen molar-refractivity contribution in [3.8, 4) is 5.75 Å². The highest BCUT2D eigenvalue weighted by atomic mass is 35.5. The molecule has 1 aliphatic rings. The molecule has 2 aromatic heterocycles. The first-order valence-corrected chi connectivity index (χ1v) is 5.45. The third-order valence-electron chi connectivity index (χ3n) is 2.66. The maximum atomic E-state index is 5.98. The second-order valence-electron chi connectivity index (χ2n) is 3.77. The number of nitrogen functional groups attached to an aromatic ring is 1. The lowest BCUT2D eigenvalue weighted by Gasteiger charge is -2.26. The van der Waals surface area contributed by atoms with Gasteiger partial charge in [-0.25, -0.2) is 4.98 Å². The van der Waals surface area contributed by atoms with Crippen LogP contribution in [-0.4, -0.2) is 25.7 Å². The Bertz CT molecular complexity index is 536. The number of anilines is 1. The fourth-order valence-electron chi connectivity index (χ4n) is 1.59. The number of hydrogen-bond donors (Lipinski definition) is 1. The third kappa shape index (κ3) is 1.46. The van der Waals surface area contributed by atoms with Crippen LogP contribution in [0.2, 0.25) is 5.15 Å². The summed E-state index contributed by atoms with van der Waals surface area (Å²) in [7, 11) is 0. The molecular weight excluding hydrogens is 230 g/mol. The molecule has 0 aliphatic heterocycles. The minimum Gasteiger partial charge on any atom is -0.484 e. The van der Waals surface area contributed by atoms with E-state index in [0.717, 1.165) is 12.8 Å². The second kappa shape index (κ2) is 3.48. The van der Waals surface area contributed by atoms with Crippen molar-refractivity contribution in [2.24, 2.45) is 0 Å². The molecule has 3 rings (SSSR count). The molecular formula is C9H10ClN5O. The molecule has 84 valence electrons. The summed E-state index contributed by atoms with van der Waals surface area (Å²) in [5, 5.41) is 4.25. The van der Waals surface area contributed by atoms with Crippen LogP contribution in [0, 0.1) is 0 Å². The van der Waals surface area contributed by atoms with Crippen molar-refractivity contribution in [1.82, 2.24) is 19.6 Å². The molecule has 6 nitrogen and oxygen atoms in total. The number of ether oxygens (including phenoxy) is 1. The molecule has 0 aromatic carbocycles. The summed E-state index contributed by atoms with van der Waals surface area (Å²) >= 11 is 5.98. The lowest BCUT2D eigenvalue weighted by atomic mass is 9.96. The van der Waals surface area contributed by atoms with Crippen LogP contribution < -0.4 is 10.5 Å². The van der Waals surface area contributed by atoms with E-state index in [2.05, 4.69) is 15.1 Å². The van der Waals surface area contributed by atoms with E-state index in [9.17, 15) is 0 Å². The van der Waals surface area contributed by atoms with E-state index < -0.39 is 0 Å². The Morgan fingerprint density at radius 1 is 1.50 bits per heavy atom. The number of fused-ring (bicyclic) bond motifs is 1. The normalized spacial score (nSPS) is 16.3. The minimum atomic E-state index is 0.183. The van der Waals surface area contributed by atoms with Crippen molar-refractivity contribution in [1.29, 1.82) is 0 Å². The van der Waals surface area contributed by atoms with Gasteiger partial charge < -0.3 is 10.5 Å². The molecule has 0 amide bonds.